The van der Waals surface area contributed by atoms with Crippen LogP contribution in [0, 0.1) is 6.92 Å². The monoisotopic (exact) mass is 332 g/mol. The van der Waals surface area contributed by atoms with Gasteiger partial charge in [0.15, 0.2) is 0 Å². The second-order valence-electron chi connectivity index (χ2n) is 5.12. The van der Waals surface area contributed by atoms with E-state index in [1.165, 1.54) is 0 Å². The van der Waals surface area contributed by atoms with Crippen molar-refractivity contribution in [1.82, 2.24) is 4.90 Å². The minimum absolute atomic E-state index is 0.144. The molecule has 1 amide bonds. The lowest BCUT2D eigenvalue weighted by molar-refractivity contribution is -0.117. The molecule has 0 heterocycles. The SMILES string of the molecule is Cc1ccc(Cl)c(NC(=O)CN(C)CCCCCO)c1Cl. The van der Waals surface area contributed by atoms with Crippen molar-refractivity contribution in [2.24, 2.45) is 0 Å². The molecule has 0 atom stereocenters. The maximum Gasteiger partial charge on any atom is 0.238 e. The lowest BCUT2D eigenvalue weighted by atomic mass is 10.2. The summed E-state index contributed by atoms with van der Waals surface area (Å²) in [5, 5.41) is 12.4. The standard InChI is InChI=1S/C15H22Cl2N2O2/c1-11-6-7-12(16)15(14(11)17)18-13(21)10-19(2)8-4-3-5-9-20/h6-7,20H,3-5,8-10H2,1-2H3,(H,18,21). The second-order valence-corrected chi connectivity index (χ2v) is 5.91. The molecule has 0 aliphatic heterocycles. The van der Waals surface area contributed by atoms with Crippen molar-refractivity contribution < 1.29 is 9.90 Å². The third-order valence-corrected chi connectivity index (χ3v) is 3.96. The number of aliphatic hydroxyl groups is 1. The van der Waals surface area contributed by atoms with Crippen LogP contribution in [0.4, 0.5) is 5.69 Å². The molecule has 21 heavy (non-hydrogen) atoms. The van der Waals surface area contributed by atoms with Crippen LogP contribution in [0.3, 0.4) is 0 Å². The molecule has 6 heteroatoms. The molecule has 0 aromatic heterocycles. The molecule has 0 saturated carbocycles. The van der Waals surface area contributed by atoms with E-state index in [0.717, 1.165) is 31.4 Å². The third kappa shape index (κ3) is 6.22. The minimum Gasteiger partial charge on any atom is -0.396 e. The summed E-state index contributed by atoms with van der Waals surface area (Å²) in [7, 11) is 1.89. The number of amides is 1. The maximum absolute atomic E-state index is 12.0. The molecule has 0 unspecified atom stereocenters. The van der Waals surface area contributed by atoms with Crippen molar-refractivity contribution in [3.63, 3.8) is 0 Å². The number of aliphatic hydroxyl groups excluding tert-OH is 1. The summed E-state index contributed by atoms with van der Waals surface area (Å²) in [6, 6.07) is 3.53. The van der Waals surface area contributed by atoms with E-state index < -0.39 is 0 Å². The Morgan fingerprint density at radius 3 is 2.67 bits per heavy atom. The van der Waals surface area contributed by atoms with E-state index in [1.54, 1.807) is 6.07 Å². The molecule has 0 saturated heterocycles. The molecule has 1 aromatic rings. The Morgan fingerprint density at radius 2 is 2.00 bits per heavy atom. The highest BCUT2D eigenvalue weighted by molar-refractivity contribution is 6.40. The number of carbonyl (C=O) groups is 1. The quantitative estimate of drug-likeness (QED) is 0.718. The molecular weight excluding hydrogens is 311 g/mol. The van der Waals surface area contributed by atoms with E-state index in [0.29, 0.717) is 15.7 Å². The summed E-state index contributed by atoms with van der Waals surface area (Å²) >= 11 is 12.2. The zero-order chi connectivity index (χ0) is 15.8. The van der Waals surface area contributed by atoms with Gasteiger partial charge >= 0.3 is 0 Å². The fourth-order valence-electron chi connectivity index (χ4n) is 1.94. The van der Waals surface area contributed by atoms with Gasteiger partial charge in [0, 0.05) is 6.61 Å². The van der Waals surface area contributed by atoms with E-state index in [2.05, 4.69) is 5.32 Å². The van der Waals surface area contributed by atoms with Crippen LogP contribution in [-0.2, 0) is 4.79 Å². The Bertz CT molecular complexity index is 481. The Morgan fingerprint density at radius 1 is 1.29 bits per heavy atom. The Kier molecular flexibility index (Phi) is 8.04. The number of nitrogens with one attached hydrogen (secondary N) is 1. The number of anilines is 1. The van der Waals surface area contributed by atoms with Gasteiger partial charge < -0.3 is 10.4 Å². The number of hydrogen-bond donors (Lipinski definition) is 2. The van der Waals surface area contributed by atoms with Gasteiger partial charge in [0.25, 0.3) is 0 Å². The number of rotatable bonds is 8. The Hall–Kier alpha value is -0.810. The number of carbonyl (C=O) groups excluding carboxylic acids is 1. The summed E-state index contributed by atoms with van der Waals surface area (Å²) in [6.45, 7) is 3.17. The van der Waals surface area contributed by atoms with Crippen molar-refractivity contribution >= 4 is 34.8 Å². The van der Waals surface area contributed by atoms with Crippen LogP contribution in [0.25, 0.3) is 0 Å². The first-order valence-electron chi connectivity index (χ1n) is 6.99. The van der Waals surface area contributed by atoms with E-state index in [4.69, 9.17) is 28.3 Å². The number of unbranched alkanes of at least 4 members (excludes halogenated alkanes) is 2. The van der Waals surface area contributed by atoms with Crippen LogP contribution in [0.2, 0.25) is 10.0 Å². The predicted molar refractivity (Wildman–Crippen MR) is 88.3 cm³/mol. The van der Waals surface area contributed by atoms with Crippen LogP contribution in [0.5, 0.6) is 0 Å². The molecule has 118 valence electrons. The normalized spacial score (nSPS) is 11.0. The van der Waals surface area contributed by atoms with Gasteiger partial charge in [-0.3, -0.25) is 9.69 Å². The molecule has 2 N–H and O–H groups in total. The van der Waals surface area contributed by atoms with Gasteiger partial charge in [-0.25, -0.2) is 0 Å². The van der Waals surface area contributed by atoms with Crippen LogP contribution >= 0.6 is 23.2 Å². The Balaban J connectivity index is 2.49. The summed E-state index contributed by atoms with van der Waals surface area (Å²) < 4.78 is 0. The minimum atomic E-state index is -0.144. The van der Waals surface area contributed by atoms with E-state index >= 15 is 0 Å². The molecule has 0 spiro atoms. The Labute approximate surface area is 136 Å². The van der Waals surface area contributed by atoms with Crippen LogP contribution < -0.4 is 5.32 Å². The fourth-order valence-corrected chi connectivity index (χ4v) is 2.41. The maximum atomic E-state index is 12.0. The van der Waals surface area contributed by atoms with Crippen LogP contribution in [0.1, 0.15) is 24.8 Å². The molecule has 0 aliphatic rings. The number of nitrogens with zero attached hydrogens (tertiary/aromatic N) is 1. The predicted octanol–water partition coefficient (Wildman–Crippen LogP) is 3.33. The van der Waals surface area contributed by atoms with Gasteiger partial charge in [-0.15, -0.1) is 0 Å². The summed E-state index contributed by atoms with van der Waals surface area (Å²) in [6.07, 6.45) is 2.71. The third-order valence-electron chi connectivity index (χ3n) is 3.16. The largest absolute Gasteiger partial charge is 0.396 e. The van der Waals surface area contributed by atoms with Gasteiger partial charge in [-0.1, -0.05) is 29.3 Å². The lowest BCUT2D eigenvalue weighted by Gasteiger charge is -2.17. The van der Waals surface area contributed by atoms with E-state index in [1.807, 2.05) is 24.9 Å². The average molecular weight is 333 g/mol. The van der Waals surface area contributed by atoms with Crippen LogP contribution in [0.15, 0.2) is 12.1 Å². The zero-order valence-corrected chi connectivity index (χ0v) is 14.0. The van der Waals surface area contributed by atoms with Crippen molar-refractivity contribution in [2.45, 2.75) is 26.2 Å². The summed E-state index contributed by atoms with van der Waals surface area (Å²) in [4.78, 5) is 14.0. The van der Waals surface area contributed by atoms with Gasteiger partial charge in [-0.05, 0) is 51.4 Å². The zero-order valence-electron chi connectivity index (χ0n) is 12.5. The van der Waals surface area contributed by atoms with Crippen LogP contribution in [-0.4, -0.2) is 42.7 Å². The highest BCUT2D eigenvalue weighted by atomic mass is 35.5. The number of benzene rings is 1. The van der Waals surface area contributed by atoms with Gasteiger partial charge in [-0.2, -0.15) is 0 Å². The molecule has 0 aliphatic carbocycles. The molecule has 0 fully saturated rings. The highest BCUT2D eigenvalue weighted by Gasteiger charge is 2.13. The number of hydrogen-bond acceptors (Lipinski definition) is 3. The molecule has 0 bridgehead atoms. The fraction of sp³-hybridized carbons (Fsp3) is 0.533. The highest BCUT2D eigenvalue weighted by Crippen LogP contribution is 2.32. The van der Waals surface area contributed by atoms with Crippen molar-refractivity contribution in [1.29, 1.82) is 0 Å². The molecule has 4 nitrogen and oxygen atoms in total. The van der Waals surface area contributed by atoms with Gasteiger partial charge in [0.05, 0.1) is 22.3 Å². The summed E-state index contributed by atoms with van der Waals surface area (Å²) in [5.74, 6) is -0.144. The van der Waals surface area contributed by atoms with Gasteiger partial charge in [0.1, 0.15) is 0 Å². The smallest absolute Gasteiger partial charge is 0.238 e. The first kappa shape index (κ1) is 18.2. The van der Waals surface area contributed by atoms with Crippen molar-refractivity contribution in [3.05, 3.63) is 27.7 Å². The van der Waals surface area contributed by atoms with Crippen molar-refractivity contribution in [3.8, 4) is 0 Å². The van der Waals surface area contributed by atoms with E-state index in [-0.39, 0.29) is 19.1 Å². The van der Waals surface area contributed by atoms with E-state index in [9.17, 15) is 4.79 Å². The second kappa shape index (κ2) is 9.26. The topological polar surface area (TPSA) is 52.6 Å². The number of halogens is 2. The lowest BCUT2D eigenvalue weighted by Crippen LogP contribution is -2.31. The number of aryl methyl sites for hydroxylation is 1. The molecule has 1 aromatic carbocycles. The first-order valence-corrected chi connectivity index (χ1v) is 7.75. The summed E-state index contributed by atoms with van der Waals surface area (Å²) in [5.41, 5.74) is 1.34. The molecular formula is C15H22Cl2N2O2. The first-order chi connectivity index (χ1) is 9.95. The van der Waals surface area contributed by atoms with Gasteiger partial charge in [0.2, 0.25) is 5.91 Å². The average Bonchev–Trinajstić information content (AvgIpc) is 2.44. The van der Waals surface area contributed by atoms with Crippen molar-refractivity contribution in [2.75, 3.05) is 32.1 Å². The number of likely N-dealkylation sites (N-methyl/N-ethyl adjacent to an activating group) is 1. The molecule has 1 rings (SSSR count). The molecule has 0 radical (unpaired) electrons.